The molecule has 0 aliphatic carbocycles. The van der Waals surface area contributed by atoms with E-state index in [1.54, 1.807) is 0 Å². The number of hydrogen-bond donors (Lipinski definition) is 1. The summed E-state index contributed by atoms with van der Waals surface area (Å²) in [4.78, 5) is 16.9. The van der Waals surface area contributed by atoms with E-state index in [2.05, 4.69) is 67.3 Å². The summed E-state index contributed by atoms with van der Waals surface area (Å²) < 4.78 is 7.77. The zero-order chi connectivity index (χ0) is 25.2. The van der Waals surface area contributed by atoms with Crippen molar-refractivity contribution < 1.29 is 4.74 Å². The Hall–Kier alpha value is -4.18. The minimum absolute atomic E-state index is 0.583. The van der Waals surface area contributed by atoms with Gasteiger partial charge in [-0.05, 0) is 35.2 Å². The number of ether oxygens (including phenoxy) is 1. The second-order valence-electron chi connectivity index (χ2n) is 9.22. The van der Waals surface area contributed by atoms with Gasteiger partial charge in [0, 0.05) is 25.1 Å². The van der Waals surface area contributed by atoms with Crippen LogP contribution >= 0.6 is 0 Å². The van der Waals surface area contributed by atoms with Crippen LogP contribution in [0.5, 0.6) is 0 Å². The van der Waals surface area contributed by atoms with Crippen LogP contribution in [-0.4, -0.2) is 66.4 Å². The van der Waals surface area contributed by atoms with Crippen LogP contribution in [0.25, 0.3) is 33.7 Å². The zero-order valence-corrected chi connectivity index (χ0v) is 21.1. The standard InChI is InChI=1S/C27H29N9O/c1-3-6-23-29-24-18(2)28-27(35-13-15-37-16-14-35)30-26(24)36(23)17-19-9-11-20(12-10-19)21-7-4-5-8-22(21)25-31-33-34-32-25/h4-5,7-12H,3,6,13-17H2,1-2H3,(H,31,32,33,34). The normalized spacial score (nSPS) is 13.9. The van der Waals surface area contributed by atoms with Crippen LogP contribution in [0.4, 0.5) is 5.95 Å². The highest BCUT2D eigenvalue weighted by atomic mass is 16.5. The Balaban J connectivity index is 1.35. The molecule has 2 aromatic carbocycles. The fourth-order valence-electron chi connectivity index (χ4n) is 4.83. The van der Waals surface area contributed by atoms with E-state index in [0.717, 1.165) is 71.3 Å². The van der Waals surface area contributed by atoms with Gasteiger partial charge in [-0.25, -0.2) is 9.97 Å². The van der Waals surface area contributed by atoms with Crippen molar-refractivity contribution in [3.63, 3.8) is 0 Å². The number of anilines is 1. The van der Waals surface area contributed by atoms with E-state index in [-0.39, 0.29) is 0 Å². The molecular formula is C27H29N9O. The number of morpholine rings is 1. The van der Waals surface area contributed by atoms with Crippen LogP contribution in [0, 0.1) is 6.92 Å². The number of rotatable bonds is 7. The first-order chi connectivity index (χ1) is 18.2. The van der Waals surface area contributed by atoms with E-state index in [1.165, 1.54) is 5.56 Å². The lowest BCUT2D eigenvalue weighted by molar-refractivity contribution is 0.122. The number of imidazole rings is 1. The van der Waals surface area contributed by atoms with Gasteiger partial charge in [-0.1, -0.05) is 55.5 Å². The number of fused-ring (bicyclic) bond motifs is 1. The van der Waals surface area contributed by atoms with E-state index in [1.807, 2.05) is 25.1 Å². The van der Waals surface area contributed by atoms with Gasteiger partial charge in [0.2, 0.25) is 11.8 Å². The number of benzene rings is 2. The average molecular weight is 496 g/mol. The van der Waals surface area contributed by atoms with Crippen molar-refractivity contribution in [2.75, 3.05) is 31.2 Å². The van der Waals surface area contributed by atoms with Crippen molar-refractivity contribution in [2.24, 2.45) is 0 Å². The molecule has 1 aliphatic rings. The Morgan fingerprint density at radius 3 is 2.46 bits per heavy atom. The Bertz CT molecular complexity index is 1500. The molecule has 0 atom stereocenters. The van der Waals surface area contributed by atoms with Gasteiger partial charge in [0.15, 0.2) is 5.65 Å². The number of H-pyrrole nitrogens is 1. The predicted octanol–water partition coefficient (Wildman–Crippen LogP) is 3.82. The highest BCUT2D eigenvalue weighted by molar-refractivity contribution is 5.80. The molecule has 1 aliphatic heterocycles. The number of aromatic amines is 1. The molecule has 0 unspecified atom stereocenters. The first kappa shape index (κ1) is 23.2. The van der Waals surface area contributed by atoms with Crippen LogP contribution in [0.15, 0.2) is 48.5 Å². The Kier molecular flexibility index (Phi) is 6.32. The molecule has 1 N–H and O–H groups in total. The number of tetrazole rings is 1. The van der Waals surface area contributed by atoms with E-state index < -0.39 is 0 Å². The topological polar surface area (TPSA) is 111 Å². The summed E-state index contributed by atoms with van der Waals surface area (Å²) in [5.74, 6) is 2.38. The summed E-state index contributed by atoms with van der Waals surface area (Å²) in [5.41, 5.74) is 6.97. The number of nitrogens with zero attached hydrogens (tertiary/aromatic N) is 8. The summed E-state index contributed by atoms with van der Waals surface area (Å²) in [6, 6.07) is 16.7. The van der Waals surface area contributed by atoms with Crippen LogP contribution in [0.1, 0.15) is 30.4 Å². The number of nitrogens with one attached hydrogen (secondary N) is 1. The van der Waals surface area contributed by atoms with Crippen LogP contribution < -0.4 is 4.90 Å². The molecule has 10 heteroatoms. The fraction of sp³-hybridized carbons (Fsp3) is 0.333. The predicted molar refractivity (Wildman–Crippen MR) is 141 cm³/mol. The van der Waals surface area contributed by atoms with Crippen LogP contribution in [-0.2, 0) is 17.7 Å². The number of aryl methyl sites for hydroxylation is 2. The molecule has 4 heterocycles. The summed E-state index contributed by atoms with van der Waals surface area (Å²) in [5, 5.41) is 14.6. The minimum Gasteiger partial charge on any atom is -0.378 e. The van der Waals surface area contributed by atoms with E-state index >= 15 is 0 Å². The molecule has 1 fully saturated rings. The maximum absolute atomic E-state index is 5.52. The second-order valence-corrected chi connectivity index (χ2v) is 9.22. The van der Waals surface area contributed by atoms with Crippen molar-refractivity contribution in [1.82, 2.24) is 40.1 Å². The highest BCUT2D eigenvalue weighted by Crippen LogP contribution is 2.30. The maximum atomic E-state index is 5.52. The molecule has 1 saturated heterocycles. The molecule has 0 radical (unpaired) electrons. The highest BCUT2D eigenvalue weighted by Gasteiger charge is 2.20. The fourth-order valence-corrected chi connectivity index (χ4v) is 4.83. The molecule has 37 heavy (non-hydrogen) atoms. The molecule has 6 rings (SSSR count). The van der Waals surface area contributed by atoms with Crippen molar-refractivity contribution in [1.29, 1.82) is 0 Å². The largest absolute Gasteiger partial charge is 0.378 e. The molecule has 5 aromatic rings. The summed E-state index contributed by atoms with van der Waals surface area (Å²) >= 11 is 0. The third-order valence-electron chi connectivity index (χ3n) is 6.72. The van der Waals surface area contributed by atoms with Gasteiger partial charge in [-0.2, -0.15) is 10.2 Å². The first-order valence-electron chi connectivity index (χ1n) is 12.7. The number of hydrogen-bond acceptors (Lipinski definition) is 8. The average Bonchev–Trinajstić information content (AvgIpc) is 3.59. The minimum atomic E-state index is 0.583. The van der Waals surface area contributed by atoms with Crippen molar-refractivity contribution in [3.8, 4) is 22.5 Å². The van der Waals surface area contributed by atoms with E-state index in [0.29, 0.717) is 25.6 Å². The maximum Gasteiger partial charge on any atom is 0.227 e. The van der Waals surface area contributed by atoms with Gasteiger partial charge in [0.1, 0.15) is 11.3 Å². The molecule has 0 bridgehead atoms. The van der Waals surface area contributed by atoms with Gasteiger partial charge in [0.05, 0.1) is 25.5 Å². The van der Waals surface area contributed by atoms with Gasteiger partial charge < -0.3 is 14.2 Å². The summed E-state index contributed by atoms with van der Waals surface area (Å²) in [6.45, 7) is 7.89. The van der Waals surface area contributed by atoms with Crippen LogP contribution in [0.2, 0.25) is 0 Å². The van der Waals surface area contributed by atoms with Gasteiger partial charge in [0.25, 0.3) is 0 Å². The molecule has 10 nitrogen and oxygen atoms in total. The SMILES string of the molecule is CCCc1nc2c(C)nc(N3CCOCC3)nc2n1Cc1ccc(-c2ccccc2-c2nn[nH]n2)cc1. The summed E-state index contributed by atoms with van der Waals surface area (Å²) in [7, 11) is 0. The lowest BCUT2D eigenvalue weighted by atomic mass is 9.98. The molecule has 0 spiro atoms. The third kappa shape index (κ3) is 4.55. The van der Waals surface area contributed by atoms with E-state index in [4.69, 9.17) is 19.7 Å². The third-order valence-corrected chi connectivity index (χ3v) is 6.72. The molecule has 0 saturated carbocycles. The molecule has 0 amide bonds. The Morgan fingerprint density at radius 2 is 1.73 bits per heavy atom. The van der Waals surface area contributed by atoms with Gasteiger partial charge in [-0.3, -0.25) is 0 Å². The molecule has 3 aromatic heterocycles. The molecule has 188 valence electrons. The van der Waals surface area contributed by atoms with Crippen LogP contribution in [0.3, 0.4) is 0 Å². The van der Waals surface area contributed by atoms with Crippen molar-refractivity contribution >= 4 is 17.1 Å². The Labute approximate surface area is 214 Å². The van der Waals surface area contributed by atoms with Gasteiger partial charge >= 0.3 is 0 Å². The smallest absolute Gasteiger partial charge is 0.227 e. The quantitative estimate of drug-likeness (QED) is 0.363. The van der Waals surface area contributed by atoms with Crippen molar-refractivity contribution in [3.05, 3.63) is 65.6 Å². The lowest BCUT2D eigenvalue weighted by Gasteiger charge is -2.27. The lowest BCUT2D eigenvalue weighted by Crippen LogP contribution is -2.37. The summed E-state index contributed by atoms with van der Waals surface area (Å²) in [6.07, 6.45) is 1.90. The van der Waals surface area contributed by atoms with E-state index in [9.17, 15) is 0 Å². The zero-order valence-electron chi connectivity index (χ0n) is 21.1. The first-order valence-corrected chi connectivity index (χ1v) is 12.7. The second kappa shape index (κ2) is 10.1. The molecular weight excluding hydrogens is 466 g/mol. The number of aromatic nitrogens is 8. The Morgan fingerprint density at radius 1 is 0.946 bits per heavy atom. The monoisotopic (exact) mass is 495 g/mol. The van der Waals surface area contributed by atoms with Crippen molar-refractivity contribution in [2.45, 2.75) is 33.2 Å². The van der Waals surface area contributed by atoms with Gasteiger partial charge in [-0.15, -0.1) is 10.2 Å².